The standard InChI is InChI=1S/C31H53N3O7/c1-22(2)24(18-23-12-13-27(39-7)28(19-23)40-17-11-16-38-6)20-25(33-30(37)41-31(3,4)5)26(35)21-32-29(36)34-14-9-8-10-15-34/h12-13,19,22,24-26,35H,8-11,14-18,20-21H2,1-7H3,(H,32,36)(H,33,37)/t24-,25-,26-/m0/s1. The zero-order valence-electron chi connectivity index (χ0n) is 26.2. The number of nitrogens with one attached hydrogen (secondary N) is 2. The molecule has 10 nitrogen and oxygen atoms in total. The highest BCUT2D eigenvalue weighted by Crippen LogP contribution is 2.31. The molecule has 1 heterocycles. The number of aliphatic hydroxyl groups is 1. The van der Waals surface area contributed by atoms with E-state index in [1.54, 1.807) is 39.9 Å². The molecule has 1 aliphatic heterocycles. The molecule has 1 saturated heterocycles. The Bertz CT molecular complexity index is 929. The van der Waals surface area contributed by atoms with E-state index in [1.165, 1.54) is 0 Å². The molecule has 3 atom stereocenters. The van der Waals surface area contributed by atoms with Gasteiger partial charge in [-0.2, -0.15) is 0 Å². The fourth-order valence-electron chi connectivity index (χ4n) is 4.88. The molecular formula is C31H53N3O7. The van der Waals surface area contributed by atoms with Gasteiger partial charge in [-0.15, -0.1) is 0 Å². The number of rotatable bonds is 15. The molecule has 0 radical (unpaired) electrons. The van der Waals surface area contributed by atoms with Crippen LogP contribution in [0.15, 0.2) is 18.2 Å². The second kappa shape index (κ2) is 17.3. The third kappa shape index (κ3) is 12.8. The number of piperidine rings is 1. The molecule has 0 unspecified atom stereocenters. The van der Waals surface area contributed by atoms with Crippen molar-refractivity contribution in [3.05, 3.63) is 23.8 Å². The van der Waals surface area contributed by atoms with Crippen molar-refractivity contribution in [2.75, 3.05) is 47.1 Å². The maximum Gasteiger partial charge on any atom is 0.407 e. The minimum atomic E-state index is -0.993. The van der Waals surface area contributed by atoms with Gasteiger partial charge in [0.1, 0.15) is 5.60 Å². The van der Waals surface area contributed by atoms with E-state index in [9.17, 15) is 14.7 Å². The number of carbonyl (C=O) groups excluding carboxylic acids is 2. The monoisotopic (exact) mass is 579 g/mol. The van der Waals surface area contributed by atoms with Crippen LogP contribution < -0.4 is 20.1 Å². The average Bonchev–Trinajstić information content (AvgIpc) is 2.92. The van der Waals surface area contributed by atoms with Crippen LogP contribution in [-0.4, -0.2) is 86.9 Å². The number of alkyl carbamates (subject to hydrolysis) is 1. The van der Waals surface area contributed by atoms with E-state index < -0.39 is 23.8 Å². The maximum absolute atomic E-state index is 12.8. The van der Waals surface area contributed by atoms with Gasteiger partial charge in [-0.05, 0) is 82.4 Å². The first-order valence-electron chi connectivity index (χ1n) is 14.9. The van der Waals surface area contributed by atoms with Gasteiger partial charge in [-0.25, -0.2) is 9.59 Å². The van der Waals surface area contributed by atoms with E-state index in [1.807, 2.05) is 18.2 Å². The van der Waals surface area contributed by atoms with Gasteiger partial charge in [0.25, 0.3) is 0 Å². The van der Waals surface area contributed by atoms with Gasteiger partial charge in [0, 0.05) is 39.8 Å². The lowest BCUT2D eigenvalue weighted by Crippen LogP contribution is -2.52. The summed E-state index contributed by atoms with van der Waals surface area (Å²) in [4.78, 5) is 27.2. The van der Waals surface area contributed by atoms with Gasteiger partial charge >= 0.3 is 12.1 Å². The van der Waals surface area contributed by atoms with Crippen LogP contribution in [0.5, 0.6) is 11.5 Å². The number of amides is 3. The molecule has 0 aromatic heterocycles. The van der Waals surface area contributed by atoms with Crippen LogP contribution in [0.25, 0.3) is 0 Å². The Morgan fingerprint density at radius 3 is 2.37 bits per heavy atom. The minimum Gasteiger partial charge on any atom is -0.493 e. The molecule has 1 aliphatic rings. The SMILES string of the molecule is COCCCOc1cc(C[C@@H](C[C@H](NC(=O)OC(C)(C)C)[C@@H](O)CNC(=O)N2CCCCC2)C(C)C)ccc1OC. The first-order chi connectivity index (χ1) is 19.4. The highest BCUT2D eigenvalue weighted by atomic mass is 16.6. The fourth-order valence-corrected chi connectivity index (χ4v) is 4.88. The number of likely N-dealkylation sites (tertiary alicyclic amines) is 1. The van der Waals surface area contributed by atoms with E-state index in [0.717, 1.165) is 44.3 Å². The molecule has 0 spiro atoms. The van der Waals surface area contributed by atoms with E-state index in [-0.39, 0.29) is 24.4 Å². The summed E-state index contributed by atoms with van der Waals surface area (Å²) >= 11 is 0. The topological polar surface area (TPSA) is 119 Å². The van der Waals surface area contributed by atoms with Crippen LogP contribution in [-0.2, 0) is 15.9 Å². The number of ether oxygens (including phenoxy) is 4. The zero-order chi connectivity index (χ0) is 30.4. The lowest BCUT2D eigenvalue weighted by molar-refractivity contribution is 0.0392. The lowest BCUT2D eigenvalue weighted by Gasteiger charge is -2.32. The Balaban J connectivity index is 2.15. The first-order valence-corrected chi connectivity index (χ1v) is 14.9. The molecule has 2 rings (SSSR count). The number of methoxy groups -OCH3 is 2. The molecule has 234 valence electrons. The van der Waals surface area contributed by atoms with Crippen molar-refractivity contribution < 1.29 is 33.6 Å². The Labute approximate surface area is 246 Å². The number of carbonyl (C=O) groups is 2. The Hall–Kier alpha value is -2.72. The molecule has 0 saturated carbocycles. The highest BCUT2D eigenvalue weighted by molar-refractivity contribution is 5.74. The second-order valence-electron chi connectivity index (χ2n) is 12.2. The predicted molar refractivity (Wildman–Crippen MR) is 160 cm³/mol. The molecule has 1 aromatic rings. The number of aliphatic hydroxyl groups excluding tert-OH is 1. The van der Waals surface area contributed by atoms with Gasteiger partial charge < -0.3 is 39.6 Å². The van der Waals surface area contributed by atoms with Crippen molar-refractivity contribution >= 4 is 12.1 Å². The summed E-state index contributed by atoms with van der Waals surface area (Å²) in [5, 5.41) is 16.9. The lowest BCUT2D eigenvalue weighted by atomic mass is 9.83. The summed E-state index contributed by atoms with van der Waals surface area (Å²) in [5.74, 6) is 1.70. The van der Waals surface area contributed by atoms with Gasteiger partial charge in [0.2, 0.25) is 0 Å². The zero-order valence-corrected chi connectivity index (χ0v) is 26.2. The maximum atomic E-state index is 12.8. The van der Waals surface area contributed by atoms with Gasteiger partial charge in [-0.3, -0.25) is 0 Å². The van der Waals surface area contributed by atoms with Crippen molar-refractivity contribution in [1.82, 2.24) is 15.5 Å². The Morgan fingerprint density at radius 1 is 1.05 bits per heavy atom. The van der Waals surface area contributed by atoms with Crippen molar-refractivity contribution in [2.45, 2.75) is 90.9 Å². The summed E-state index contributed by atoms with van der Waals surface area (Å²) in [6, 6.07) is 5.10. The van der Waals surface area contributed by atoms with Crippen molar-refractivity contribution in [2.24, 2.45) is 11.8 Å². The largest absolute Gasteiger partial charge is 0.493 e. The summed E-state index contributed by atoms with van der Waals surface area (Å²) in [5.41, 5.74) is 0.387. The van der Waals surface area contributed by atoms with Crippen molar-refractivity contribution in [3.63, 3.8) is 0 Å². The second-order valence-corrected chi connectivity index (χ2v) is 12.2. The van der Waals surface area contributed by atoms with Gasteiger partial charge in [-0.1, -0.05) is 19.9 Å². The molecule has 10 heteroatoms. The smallest absolute Gasteiger partial charge is 0.407 e. The highest BCUT2D eigenvalue weighted by Gasteiger charge is 2.30. The van der Waals surface area contributed by atoms with Crippen LogP contribution in [0.2, 0.25) is 0 Å². The molecule has 0 aliphatic carbocycles. The van der Waals surface area contributed by atoms with E-state index in [2.05, 4.69) is 24.5 Å². The summed E-state index contributed by atoms with van der Waals surface area (Å²) in [6.07, 6.45) is 3.47. The normalized spacial score (nSPS) is 16.1. The molecule has 3 amide bonds. The van der Waals surface area contributed by atoms with Crippen molar-refractivity contribution in [3.8, 4) is 11.5 Å². The molecule has 1 aromatic carbocycles. The third-order valence-electron chi connectivity index (χ3n) is 7.25. The van der Waals surface area contributed by atoms with Crippen molar-refractivity contribution in [1.29, 1.82) is 0 Å². The average molecular weight is 580 g/mol. The number of benzene rings is 1. The summed E-state index contributed by atoms with van der Waals surface area (Å²) in [6.45, 7) is 12.3. The van der Waals surface area contributed by atoms with E-state index in [4.69, 9.17) is 18.9 Å². The first kappa shape index (κ1) is 34.5. The molecule has 0 bridgehead atoms. The predicted octanol–water partition coefficient (Wildman–Crippen LogP) is 4.77. The third-order valence-corrected chi connectivity index (χ3v) is 7.25. The number of hydrogen-bond acceptors (Lipinski definition) is 7. The van der Waals surface area contributed by atoms with Crippen LogP contribution >= 0.6 is 0 Å². The summed E-state index contributed by atoms with van der Waals surface area (Å²) in [7, 11) is 3.28. The Morgan fingerprint density at radius 2 is 1.76 bits per heavy atom. The number of hydrogen-bond donors (Lipinski definition) is 3. The molecule has 3 N–H and O–H groups in total. The van der Waals surface area contributed by atoms with Crippen LogP contribution in [0, 0.1) is 11.8 Å². The molecule has 1 fully saturated rings. The number of nitrogens with zero attached hydrogens (tertiary/aromatic N) is 1. The van der Waals surface area contributed by atoms with Gasteiger partial charge in [0.05, 0.1) is 25.9 Å². The van der Waals surface area contributed by atoms with Gasteiger partial charge in [0.15, 0.2) is 11.5 Å². The quantitative estimate of drug-likeness (QED) is 0.256. The van der Waals surface area contributed by atoms with Crippen LogP contribution in [0.1, 0.15) is 72.3 Å². The summed E-state index contributed by atoms with van der Waals surface area (Å²) < 4.78 is 22.1. The fraction of sp³-hybridized carbons (Fsp3) is 0.742. The molecular weight excluding hydrogens is 526 g/mol. The van der Waals surface area contributed by atoms with Crippen LogP contribution in [0.4, 0.5) is 9.59 Å². The van der Waals surface area contributed by atoms with E-state index >= 15 is 0 Å². The number of urea groups is 1. The molecule has 41 heavy (non-hydrogen) atoms. The van der Waals surface area contributed by atoms with E-state index in [0.29, 0.717) is 37.6 Å². The van der Waals surface area contributed by atoms with Crippen LogP contribution in [0.3, 0.4) is 0 Å². The Kier molecular flexibility index (Phi) is 14.5. The minimum absolute atomic E-state index is 0.0304.